The molecule has 0 radical (unpaired) electrons. The molecule has 0 spiro atoms. The van der Waals surface area contributed by atoms with Crippen LogP contribution in [0.2, 0.25) is 0 Å². The molecular formula is C29H37N5OS. The molecule has 0 unspecified atom stereocenters. The van der Waals surface area contributed by atoms with Crippen molar-refractivity contribution < 1.29 is 4.74 Å². The van der Waals surface area contributed by atoms with Gasteiger partial charge in [-0.05, 0) is 101 Å². The highest BCUT2D eigenvalue weighted by atomic mass is 32.1. The highest BCUT2D eigenvalue weighted by Gasteiger charge is 2.42. The molecule has 1 aromatic carbocycles. The summed E-state index contributed by atoms with van der Waals surface area (Å²) in [7, 11) is 0. The largest absolute Gasteiger partial charge is 0.376 e. The number of hydrogen-bond donors (Lipinski definition) is 1. The van der Waals surface area contributed by atoms with E-state index in [1.165, 1.54) is 28.3 Å². The van der Waals surface area contributed by atoms with Crippen molar-refractivity contribution in [1.82, 2.24) is 19.8 Å². The maximum atomic E-state index is 6.01. The number of ether oxygens (including phenoxy) is 1. The molecule has 0 aliphatic carbocycles. The lowest BCUT2D eigenvalue weighted by molar-refractivity contribution is 0.0842. The first kappa shape index (κ1) is 24.8. The Morgan fingerprint density at radius 1 is 1.11 bits per heavy atom. The third-order valence-electron chi connectivity index (χ3n) is 7.65. The van der Waals surface area contributed by atoms with Crippen molar-refractivity contribution in [2.45, 2.75) is 58.7 Å². The van der Waals surface area contributed by atoms with Gasteiger partial charge in [0.1, 0.15) is 0 Å². The van der Waals surface area contributed by atoms with Gasteiger partial charge in [-0.2, -0.15) is 0 Å². The molecule has 2 saturated heterocycles. The molecule has 2 fully saturated rings. The normalized spacial score (nSPS) is 21.7. The van der Waals surface area contributed by atoms with Gasteiger partial charge in [0.25, 0.3) is 0 Å². The molecule has 1 N–H and O–H groups in total. The molecule has 6 nitrogen and oxygen atoms in total. The Bertz CT molecular complexity index is 1180. The third-order valence-corrected chi connectivity index (χ3v) is 8.00. The van der Waals surface area contributed by atoms with Crippen LogP contribution in [0.3, 0.4) is 0 Å². The van der Waals surface area contributed by atoms with Crippen LogP contribution in [-0.2, 0) is 4.74 Å². The molecule has 2 aliphatic rings. The molecule has 2 aliphatic heterocycles. The molecule has 2 aromatic heterocycles. The monoisotopic (exact) mass is 503 g/mol. The average Bonchev–Trinajstić information content (AvgIpc) is 3.60. The third kappa shape index (κ3) is 4.62. The highest BCUT2D eigenvalue weighted by molar-refractivity contribution is 7.80. The number of rotatable bonds is 8. The van der Waals surface area contributed by atoms with Crippen LogP contribution in [0.5, 0.6) is 0 Å². The van der Waals surface area contributed by atoms with Crippen molar-refractivity contribution in [2.75, 3.05) is 31.1 Å². The first-order valence-corrected chi connectivity index (χ1v) is 13.6. The van der Waals surface area contributed by atoms with Crippen molar-refractivity contribution in [3.8, 4) is 5.69 Å². The second kappa shape index (κ2) is 10.6. The number of aryl methyl sites for hydroxylation is 1. The summed E-state index contributed by atoms with van der Waals surface area (Å²) in [5.74, 6) is 0. The lowest BCUT2D eigenvalue weighted by Gasteiger charge is -2.30. The van der Waals surface area contributed by atoms with Crippen molar-refractivity contribution in [3.63, 3.8) is 0 Å². The summed E-state index contributed by atoms with van der Waals surface area (Å²) in [6, 6.07) is 17.4. The van der Waals surface area contributed by atoms with Gasteiger partial charge in [0.15, 0.2) is 5.11 Å². The second-order valence-electron chi connectivity index (χ2n) is 9.76. The maximum Gasteiger partial charge on any atom is 0.170 e. The summed E-state index contributed by atoms with van der Waals surface area (Å²) in [5, 5.41) is 4.37. The predicted molar refractivity (Wildman–Crippen MR) is 150 cm³/mol. The van der Waals surface area contributed by atoms with Crippen LogP contribution in [0, 0.1) is 13.8 Å². The van der Waals surface area contributed by atoms with Crippen LogP contribution in [0.25, 0.3) is 5.69 Å². The number of nitrogens with one attached hydrogen (secondary N) is 1. The van der Waals surface area contributed by atoms with E-state index in [1.807, 2.05) is 18.3 Å². The molecule has 0 amide bonds. The molecule has 0 bridgehead atoms. The minimum atomic E-state index is -0.0147. The molecule has 5 rings (SSSR count). The van der Waals surface area contributed by atoms with E-state index in [2.05, 4.69) is 83.8 Å². The second-order valence-corrected chi connectivity index (χ2v) is 10.2. The van der Waals surface area contributed by atoms with Crippen LogP contribution in [0.1, 0.15) is 61.4 Å². The number of anilines is 1. The van der Waals surface area contributed by atoms with E-state index < -0.39 is 0 Å². The average molecular weight is 504 g/mol. The van der Waals surface area contributed by atoms with Gasteiger partial charge < -0.3 is 24.4 Å². The summed E-state index contributed by atoms with van der Waals surface area (Å²) >= 11 is 5.89. The van der Waals surface area contributed by atoms with Gasteiger partial charge in [0, 0.05) is 55.2 Å². The first-order chi connectivity index (χ1) is 17.5. The quantitative estimate of drug-likeness (QED) is 0.411. The predicted octanol–water partition coefficient (Wildman–Crippen LogP) is 5.49. The van der Waals surface area contributed by atoms with Crippen molar-refractivity contribution in [3.05, 3.63) is 77.4 Å². The minimum Gasteiger partial charge on any atom is -0.376 e. The van der Waals surface area contributed by atoms with Gasteiger partial charge in [-0.15, -0.1) is 0 Å². The number of nitrogens with zero attached hydrogens (tertiary/aromatic N) is 4. The van der Waals surface area contributed by atoms with Crippen LogP contribution >= 0.6 is 12.2 Å². The topological polar surface area (TPSA) is 45.6 Å². The minimum absolute atomic E-state index is 0.0147. The van der Waals surface area contributed by atoms with E-state index in [9.17, 15) is 0 Å². The number of thiocarbonyl (C=S) groups is 1. The summed E-state index contributed by atoms with van der Waals surface area (Å²) in [5.41, 5.74) is 7.18. The molecule has 3 aromatic rings. The van der Waals surface area contributed by atoms with Gasteiger partial charge in [0.2, 0.25) is 0 Å². The van der Waals surface area contributed by atoms with E-state index in [-0.39, 0.29) is 18.2 Å². The summed E-state index contributed by atoms with van der Waals surface area (Å²) in [4.78, 5) is 9.41. The SMILES string of the molecule is CCN(CC)c1ccc(-n2c(C)cc([C@@H]3[C@@H](c4ccccn4)NC(=S)N3C[C@@H]3CCCO3)c2C)cc1. The van der Waals surface area contributed by atoms with Crippen LogP contribution in [-0.4, -0.2) is 51.9 Å². The zero-order valence-corrected chi connectivity index (χ0v) is 22.6. The van der Waals surface area contributed by atoms with Crippen LogP contribution in [0.4, 0.5) is 5.69 Å². The van der Waals surface area contributed by atoms with Gasteiger partial charge in [0.05, 0.1) is 23.9 Å². The molecular weight excluding hydrogens is 466 g/mol. The fourth-order valence-corrected chi connectivity index (χ4v) is 6.15. The number of pyridine rings is 1. The standard InChI is InChI=1S/C29H37N5OS/c1-5-32(6-2)22-12-14-23(15-13-22)34-20(3)18-25(21(34)4)28-27(26-11-7-8-16-30-26)31-29(36)33(28)19-24-10-9-17-35-24/h7-8,11-16,18,24,27-28H,5-6,9-10,17,19H2,1-4H3,(H,31,36)/t24-,27+,28+/m0/s1. The molecule has 4 heterocycles. The fraction of sp³-hybridized carbons (Fsp3) is 0.448. The highest BCUT2D eigenvalue weighted by Crippen LogP contribution is 2.42. The Hall–Kier alpha value is -2.90. The molecule has 190 valence electrons. The molecule has 3 atom stereocenters. The zero-order valence-electron chi connectivity index (χ0n) is 21.8. The summed E-state index contributed by atoms with van der Waals surface area (Å²) < 4.78 is 8.38. The Labute approximate surface area is 220 Å². The van der Waals surface area contributed by atoms with E-state index in [1.54, 1.807) is 0 Å². The van der Waals surface area contributed by atoms with Gasteiger partial charge in [-0.3, -0.25) is 4.98 Å². The molecule has 0 saturated carbocycles. The van der Waals surface area contributed by atoms with E-state index in [0.29, 0.717) is 0 Å². The van der Waals surface area contributed by atoms with E-state index >= 15 is 0 Å². The summed E-state index contributed by atoms with van der Waals surface area (Å²) in [6.07, 6.45) is 4.27. The van der Waals surface area contributed by atoms with Gasteiger partial charge in [-0.25, -0.2) is 0 Å². The number of benzene rings is 1. The Kier molecular flexibility index (Phi) is 7.30. The Balaban J connectivity index is 1.53. The molecule has 36 heavy (non-hydrogen) atoms. The Morgan fingerprint density at radius 3 is 2.53 bits per heavy atom. The first-order valence-electron chi connectivity index (χ1n) is 13.2. The lowest BCUT2D eigenvalue weighted by atomic mass is 9.96. The maximum absolute atomic E-state index is 6.01. The van der Waals surface area contributed by atoms with Crippen molar-refractivity contribution in [2.24, 2.45) is 0 Å². The van der Waals surface area contributed by atoms with Crippen molar-refractivity contribution in [1.29, 1.82) is 0 Å². The molecule has 7 heteroatoms. The van der Waals surface area contributed by atoms with Crippen LogP contribution in [0.15, 0.2) is 54.7 Å². The lowest BCUT2D eigenvalue weighted by Crippen LogP contribution is -2.36. The Morgan fingerprint density at radius 2 is 1.89 bits per heavy atom. The number of hydrogen-bond acceptors (Lipinski definition) is 4. The van der Waals surface area contributed by atoms with E-state index in [0.717, 1.165) is 49.9 Å². The van der Waals surface area contributed by atoms with Gasteiger partial charge >= 0.3 is 0 Å². The van der Waals surface area contributed by atoms with Gasteiger partial charge in [-0.1, -0.05) is 6.07 Å². The zero-order chi connectivity index (χ0) is 25.2. The summed E-state index contributed by atoms with van der Waals surface area (Å²) in [6.45, 7) is 12.5. The number of aromatic nitrogens is 2. The van der Waals surface area contributed by atoms with E-state index in [4.69, 9.17) is 21.9 Å². The smallest absolute Gasteiger partial charge is 0.170 e. The fourth-order valence-electron chi connectivity index (χ4n) is 5.83. The van der Waals surface area contributed by atoms with Crippen LogP contribution < -0.4 is 10.2 Å². The van der Waals surface area contributed by atoms with Crippen molar-refractivity contribution >= 4 is 23.0 Å².